The predicted molar refractivity (Wildman–Crippen MR) is 71.5 cm³/mol. The van der Waals surface area contributed by atoms with Crippen LogP contribution in [-0.2, 0) is 11.3 Å². The third kappa shape index (κ3) is 3.53. The van der Waals surface area contributed by atoms with Crippen LogP contribution in [0.3, 0.4) is 0 Å². The fourth-order valence-electron chi connectivity index (χ4n) is 2.08. The Morgan fingerprint density at radius 1 is 1.56 bits per heavy atom. The van der Waals surface area contributed by atoms with E-state index in [2.05, 4.69) is 26.6 Å². The maximum atomic E-state index is 13.1. The smallest absolute Gasteiger partial charge is 0.224 e. The van der Waals surface area contributed by atoms with Gasteiger partial charge in [0.2, 0.25) is 5.91 Å². The summed E-state index contributed by atoms with van der Waals surface area (Å²) in [5.41, 5.74) is 0.757. The van der Waals surface area contributed by atoms with Crippen LogP contribution in [0.2, 0.25) is 0 Å². The molecule has 0 unspecified atom stereocenters. The average Bonchev–Trinajstić information content (AvgIpc) is 2.40. The Labute approximate surface area is 114 Å². The third-order valence-corrected chi connectivity index (χ3v) is 3.90. The van der Waals surface area contributed by atoms with Crippen molar-refractivity contribution in [3.63, 3.8) is 0 Å². The number of carbonyl (C=O) groups is 1. The van der Waals surface area contributed by atoms with Gasteiger partial charge >= 0.3 is 0 Å². The number of halogens is 2. The Balaban J connectivity index is 1.90. The van der Waals surface area contributed by atoms with Gasteiger partial charge in [0.25, 0.3) is 0 Å². The molecule has 0 aliphatic carbocycles. The van der Waals surface area contributed by atoms with Crippen molar-refractivity contribution in [3.05, 3.63) is 34.1 Å². The van der Waals surface area contributed by atoms with Gasteiger partial charge in [-0.15, -0.1) is 0 Å². The molecule has 0 bridgehead atoms. The zero-order valence-electron chi connectivity index (χ0n) is 10.0. The van der Waals surface area contributed by atoms with Gasteiger partial charge in [-0.3, -0.25) is 4.79 Å². The van der Waals surface area contributed by atoms with Gasteiger partial charge < -0.3 is 10.6 Å². The lowest BCUT2D eigenvalue weighted by molar-refractivity contribution is -0.125. The van der Waals surface area contributed by atoms with Crippen LogP contribution in [-0.4, -0.2) is 19.0 Å². The van der Waals surface area contributed by atoms with Gasteiger partial charge in [-0.25, -0.2) is 4.39 Å². The lowest BCUT2D eigenvalue weighted by Crippen LogP contribution is -2.40. The van der Waals surface area contributed by atoms with Crippen LogP contribution >= 0.6 is 15.9 Å². The van der Waals surface area contributed by atoms with Gasteiger partial charge in [-0.1, -0.05) is 15.9 Å². The molecule has 5 heteroatoms. The number of nitrogens with one attached hydrogen (secondary N) is 2. The van der Waals surface area contributed by atoms with Crippen molar-refractivity contribution in [2.75, 3.05) is 13.1 Å². The second-order valence-corrected chi connectivity index (χ2v) is 5.35. The molecule has 1 saturated heterocycles. The summed E-state index contributed by atoms with van der Waals surface area (Å²) in [5.74, 6) is -0.216. The number of carbonyl (C=O) groups excluding carboxylic acids is 1. The van der Waals surface area contributed by atoms with Gasteiger partial charge in [-0.2, -0.15) is 0 Å². The standard InChI is InChI=1S/C13H16BrFN2O/c14-12-4-3-11(15)6-10(12)8-17-13(18)9-2-1-5-16-7-9/h3-4,6,9,16H,1-2,5,7-8H2,(H,17,18)/t9-/m1/s1. The van der Waals surface area contributed by atoms with E-state index in [9.17, 15) is 9.18 Å². The van der Waals surface area contributed by atoms with Crippen LogP contribution in [0.15, 0.2) is 22.7 Å². The first-order chi connectivity index (χ1) is 8.66. The Bertz CT molecular complexity index is 433. The zero-order chi connectivity index (χ0) is 13.0. The van der Waals surface area contributed by atoms with Gasteiger partial charge in [-0.05, 0) is 43.1 Å². The fraction of sp³-hybridized carbons (Fsp3) is 0.462. The van der Waals surface area contributed by atoms with E-state index in [-0.39, 0.29) is 17.6 Å². The van der Waals surface area contributed by atoms with Crippen molar-refractivity contribution in [2.24, 2.45) is 5.92 Å². The number of amides is 1. The molecule has 1 aromatic rings. The van der Waals surface area contributed by atoms with Gasteiger partial charge in [0.15, 0.2) is 0 Å². The lowest BCUT2D eigenvalue weighted by Gasteiger charge is -2.22. The van der Waals surface area contributed by atoms with Crippen LogP contribution in [0.25, 0.3) is 0 Å². The molecule has 2 N–H and O–H groups in total. The summed E-state index contributed by atoms with van der Waals surface area (Å²) in [7, 11) is 0. The number of piperidine rings is 1. The molecule has 18 heavy (non-hydrogen) atoms. The van der Waals surface area contributed by atoms with Crippen LogP contribution in [0.5, 0.6) is 0 Å². The Morgan fingerprint density at radius 2 is 2.39 bits per heavy atom. The van der Waals surface area contributed by atoms with Crippen LogP contribution < -0.4 is 10.6 Å². The molecule has 2 rings (SSSR count). The molecule has 1 atom stereocenters. The molecule has 98 valence electrons. The van der Waals surface area contributed by atoms with E-state index in [4.69, 9.17) is 0 Å². The molecule has 1 amide bonds. The fourth-order valence-corrected chi connectivity index (χ4v) is 2.47. The number of hydrogen-bond acceptors (Lipinski definition) is 2. The zero-order valence-corrected chi connectivity index (χ0v) is 11.6. The molecule has 1 aromatic carbocycles. The molecular weight excluding hydrogens is 299 g/mol. The van der Waals surface area contributed by atoms with E-state index in [0.717, 1.165) is 36.0 Å². The average molecular weight is 315 g/mol. The van der Waals surface area contributed by atoms with Gasteiger partial charge in [0, 0.05) is 17.6 Å². The summed E-state index contributed by atoms with van der Waals surface area (Å²) in [6.45, 7) is 2.07. The van der Waals surface area contributed by atoms with Crippen LogP contribution in [0.4, 0.5) is 4.39 Å². The molecule has 1 fully saturated rings. The minimum Gasteiger partial charge on any atom is -0.352 e. The van der Waals surface area contributed by atoms with E-state index in [1.807, 2.05) is 0 Å². The molecule has 0 radical (unpaired) electrons. The molecule has 0 aromatic heterocycles. The van der Waals surface area contributed by atoms with Crippen molar-refractivity contribution in [1.82, 2.24) is 10.6 Å². The second-order valence-electron chi connectivity index (χ2n) is 4.50. The summed E-state index contributed by atoms with van der Waals surface area (Å²) in [6, 6.07) is 4.48. The number of hydrogen-bond donors (Lipinski definition) is 2. The summed E-state index contributed by atoms with van der Waals surface area (Å²) in [5, 5.41) is 6.07. The summed E-state index contributed by atoms with van der Waals surface area (Å²) in [6.07, 6.45) is 1.95. The highest BCUT2D eigenvalue weighted by molar-refractivity contribution is 9.10. The molecule has 0 spiro atoms. The minimum absolute atomic E-state index is 0.0334. The second kappa shape index (κ2) is 6.29. The van der Waals surface area contributed by atoms with Crippen LogP contribution in [0, 0.1) is 11.7 Å². The monoisotopic (exact) mass is 314 g/mol. The van der Waals surface area contributed by atoms with Gasteiger partial charge in [0.05, 0.1) is 5.92 Å². The first kappa shape index (κ1) is 13.5. The molecule has 1 aliphatic rings. The van der Waals surface area contributed by atoms with Crippen molar-refractivity contribution in [1.29, 1.82) is 0 Å². The Morgan fingerprint density at radius 3 is 3.11 bits per heavy atom. The first-order valence-electron chi connectivity index (χ1n) is 6.09. The highest BCUT2D eigenvalue weighted by Crippen LogP contribution is 2.18. The van der Waals surface area contributed by atoms with Crippen LogP contribution in [0.1, 0.15) is 18.4 Å². The van der Waals surface area contributed by atoms with E-state index in [1.165, 1.54) is 12.1 Å². The number of rotatable bonds is 3. The normalized spacial score (nSPS) is 19.6. The molecule has 1 aliphatic heterocycles. The quantitative estimate of drug-likeness (QED) is 0.898. The molecule has 0 saturated carbocycles. The highest BCUT2D eigenvalue weighted by atomic mass is 79.9. The van der Waals surface area contributed by atoms with Crippen molar-refractivity contribution in [2.45, 2.75) is 19.4 Å². The van der Waals surface area contributed by atoms with E-state index < -0.39 is 0 Å². The van der Waals surface area contributed by atoms with E-state index in [1.54, 1.807) is 6.07 Å². The molecule has 3 nitrogen and oxygen atoms in total. The summed E-state index contributed by atoms with van der Waals surface area (Å²) < 4.78 is 13.9. The topological polar surface area (TPSA) is 41.1 Å². The Kier molecular flexibility index (Phi) is 4.72. The maximum Gasteiger partial charge on any atom is 0.224 e. The highest BCUT2D eigenvalue weighted by Gasteiger charge is 2.20. The molecular formula is C13H16BrFN2O. The summed E-state index contributed by atoms with van der Waals surface area (Å²) >= 11 is 3.35. The van der Waals surface area contributed by atoms with E-state index in [0.29, 0.717) is 6.54 Å². The number of benzene rings is 1. The van der Waals surface area contributed by atoms with Crippen molar-refractivity contribution >= 4 is 21.8 Å². The predicted octanol–water partition coefficient (Wildman–Crippen LogP) is 2.20. The SMILES string of the molecule is O=C(NCc1cc(F)ccc1Br)[C@@H]1CCCNC1. The van der Waals surface area contributed by atoms with Crippen molar-refractivity contribution < 1.29 is 9.18 Å². The minimum atomic E-state index is -0.290. The van der Waals surface area contributed by atoms with Gasteiger partial charge in [0.1, 0.15) is 5.82 Å². The Hall–Kier alpha value is -0.940. The van der Waals surface area contributed by atoms with E-state index >= 15 is 0 Å². The summed E-state index contributed by atoms with van der Waals surface area (Å²) in [4.78, 5) is 11.9. The maximum absolute atomic E-state index is 13.1. The lowest BCUT2D eigenvalue weighted by atomic mass is 9.99. The largest absolute Gasteiger partial charge is 0.352 e. The molecule has 1 heterocycles. The van der Waals surface area contributed by atoms with Crippen molar-refractivity contribution in [3.8, 4) is 0 Å². The third-order valence-electron chi connectivity index (χ3n) is 3.13. The first-order valence-corrected chi connectivity index (χ1v) is 6.88.